The van der Waals surface area contributed by atoms with Crippen LogP contribution in [0, 0.1) is 6.92 Å². The van der Waals surface area contributed by atoms with Gasteiger partial charge in [0.1, 0.15) is 5.69 Å². The topological polar surface area (TPSA) is 72.2 Å². The predicted octanol–water partition coefficient (Wildman–Crippen LogP) is -0.00418. The molecule has 0 unspecified atom stereocenters. The standard InChI is InChI=1S/C7H8N2O3/c1-4-3-5(9(2)8-4)6(10)7(11)12/h3H,1-2H3,(H,11,12). The van der Waals surface area contributed by atoms with Crippen molar-refractivity contribution in [1.29, 1.82) is 0 Å². The van der Waals surface area contributed by atoms with Crippen LogP contribution in [0.3, 0.4) is 0 Å². The number of aliphatic carboxylic acids is 1. The number of Topliss-reactive ketones (excluding diaryl/α,β-unsaturated/α-hetero) is 1. The van der Waals surface area contributed by atoms with Gasteiger partial charge in [0, 0.05) is 7.05 Å². The lowest BCUT2D eigenvalue weighted by Gasteiger charge is -1.94. The molecule has 0 spiro atoms. The van der Waals surface area contributed by atoms with Crippen LogP contribution in [0.25, 0.3) is 0 Å². The van der Waals surface area contributed by atoms with Crippen molar-refractivity contribution in [2.75, 3.05) is 0 Å². The lowest BCUT2D eigenvalue weighted by molar-refractivity contribution is -0.131. The number of aryl methyl sites for hydroxylation is 2. The summed E-state index contributed by atoms with van der Waals surface area (Å²) in [6.07, 6.45) is 0. The fourth-order valence-electron chi connectivity index (χ4n) is 0.933. The summed E-state index contributed by atoms with van der Waals surface area (Å²) < 4.78 is 1.26. The molecular weight excluding hydrogens is 160 g/mol. The summed E-state index contributed by atoms with van der Waals surface area (Å²) in [7, 11) is 1.53. The Kier molecular flexibility index (Phi) is 1.95. The maximum absolute atomic E-state index is 10.9. The monoisotopic (exact) mass is 168 g/mol. The number of rotatable bonds is 2. The average molecular weight is 168 g/mol. The highest BCUT2D eigenvalue weighted by molar-refractivity contribution is 6.39. The summed E-state index contributed by atoms with van der Waals surface area (Å²) in [6.45, 7) is 1.69. The van der Waals surface area contributed by atoms with Gasteiger partial charge in [-0.3, -0.25) is 9.48 Å². The zero-order valence-electron chi connectivity index (χ0n) is 6.74. The molecule has 0 atom stereocenters. The van der Waals surface area contributed by atoms with Gasteiger partial charge in [0.05, 0.1) is 5.69 Å². The molecule has 0 aliphatic carbocycles. The third-order valence-electron chi connectivity index (χ3n) is 1.43. The Bertz CT molecular complexity index is 340. The second-order valence-electron chi connectivity index (χ2n) is 2.43. The molecule has 0 amide bonds. The quantitative estimate of drug-likeness (QED) is 0.498. The molecule has 0 radical (unpaired) electrons. The van der Waals surface area contributed by atoms with E-state index in [0.717, 1.165) is 0 Å². The molecule has 0 bridgehead atoms. The summed E-state index contributed by atoms with van der Waals surface area (Å²) in [5.41, 5.74) is 0.724. The second kappa shape index (κ2) is 2.77. The molecule has 1 rings (SSSR count). The first-order valence-corrected chi connectivity index (χ1v) is 3.30. The summed E-state index contributed by atoms with van der Waals surface area (Å²) in [5, 5.41) is 12.2. The van der Waals surface area contributed by atoms with Gasteiger partial charge in [0.2, 0.25) is 0 Å². The Morgan fingerprint density at radius 3 is 2.50 bits per heavy atom. The molecule has 1 aromatic heterocycles. The fraction of sp³-hybridized carbons (Fsp3) is 0.286. The molecular formula is C7H8N2O3. The summed E-state index contributed by atoms with van der Waals surface area (Å²) >= 11 is 0. The lowest BCUT2D eigenvalue weighted by Crippen LogP contribution is -2.16. The second-order valence-corrected chi connectivity index (χ2v) is 2.43. The van der Waals surface area contributed by atoms with Crippen molar-refractivity contribution in [3.8, 4) is 0 Å². The number of carboxylic acids is 1. The molecule has 0 aliphatic heterocycles. The predicted molar refractivity (Wildman–Crippen MR) is 39.9 cm³/mol. The van der Waals surface area contributed by atoms with Crippen LogP contribution in [0.1, 0.15) is 16.2 Å². The molecule has 0 aromatic carbocycles. The summed E-state index contributed by atoms with van der Waals surface area (Å²) in [5.74, 6) is -2.39. The van der Waals surface area contributed by atoms with E-state index in [1.54, 1.807) is 6.92 Å². The first kappa shape index (κ1) is 8.45. The lowest BCUT2D eigenvalue weighted by atomic mass is 10.2. The van der Waals surface area contributed by atoms with Crippen LogP contribution in [0.15, 0.2) is 6.07 Å². The SMILES string of the molecule is Cc1cc(C(=O)C(=O)O)n(C)n1. The molecule has 1 N–H and O–H groups in total. The number of ketones is 1. The minimum atomic E-state index is -1.46. The first-order chi connectivity index (χ1) is 5.52. The largest absolute Gasteiger partial charge is 0.475 e. The molecule has 1 aromatic rings. The number of hydrogen-bond donors (Lipinski definition) is 1. The van der Waals surface area contributed by atoms with Crippen molar-refractivity contribution in [2.45, 2.75) is 6.92 Å². The van der Waals surface area contributed by atoms with E-state index in [2.05, 4.69) is 5.10 Å². The highest BCUT2D eigenvalue weighted by atomic mass is 16.4. The van der Waals surface area contributed by atoms with E-state index in [0.29, 0.717) is 5.69 Å². The van der Waals surface area contributed by atoms with E-state index in [9.17, 15) is 9.59 Å². The van der Waals surface area contributed by atoms with E-state index in [1.807, 2.05) is 0 Å². The third-order valence-corrected chi connectivity index (χ3v) is 1.43. The molecule has 0 saturated carbocycles. The smallest absolute Gasteiger partial charge is 0.378 e. The van der Waals surface area contributed by atoms with Crippen molar-refractivity contribution in [1.82, 2.24) is 9.78 Å². The normalized spacial score (nSPS) is 9.83. The summed E-state index contributed by atoms with van der Waals surface area (Å²) in [6, 6.07) is 1.44. The van der Waals surface area contributed by atoms with Crippen LogP contribution in [0.4, 0.5) is 0 Å². The summed E-state index contributed by atoms with van der Waals surface area (Å²) in [4.78, 5) is 21.2. The van der Waals surface area contributed by atoms with E-state index >= 15 is 0 Å². The minimum Gasteiger partial charge on any atom is -0.475 e. The maximum atomic E-state index is 10.9. The maximum Gasteiger partial charge on any atom is 0.378 e. The van der Waals surface area contributed by atoms with E-state index in [4.69, 9.17) is 5.11 Å². The fourth-order valence-corrected chi connectivity index (χ4v) is 0.933. The number of hydrogen-bond acceptors (Lipinski definition) is 3. The Balaban J connectivity index is 3.11. The van der Waals surface area contributed by atoms with Crippen LogP contribution in [0.5, 0.6) is 0 Å². The van der Waals surface area contributed by atoms with Gasteiger partial charge in [-0.25, -0.2) is 4.79 Å². The van der Waals surface area contributed by atoms with Crippen molar-refractivity contribution in [3.63, 3.8) is 0 Å². The average Bonchev–Trinajstić information content (AvgIpc) is 2.28. The van der Waals surface area contributed by atoms with Gasteiger partial charge >= 0.3 is 5.97 Å². The minimum absolute atomic E-state index is 0.0972. The number of carbonyl (C=O) groups is 2. The van der Waals surface area contributed by atoms with E-state index < -0.39 is 11.8 Å². The number of carbonyl (C=O) groups excluding carboxylic acids is 1. The van der Waals surface area contributed by atoms with Gasteiger partial charge in [0.15, 0.2) is 0 Å². The molecule has 0 fully saturated rings. The Hall–Kier alpha value is -1.65. The van der Waals surface area contributed by atoms with E-state index in [-0.39, 0.29) is 5.69 Å². The number of nitrogens with zero attached hydrogens (tertiary/aromatic N) is 2. The molecule has 12 heavy (non-hydrogen) atoms. The van der Waals surface area contributed by atoms with Crippen LogP contribution < -0.4 is 0 Å². The molecule has 0 aliphatic rings. The highest BCUT2D eigenvalue weighted by Gasteiger charge is 2.18. The van der Waals surface area contributed by atoms with Crippen molar-refractivity contribution in [2.24, 2.45) is 7.05 Å². The van der Waals surface area contributed by atoms with E-state index in [1.165, 1.54) is 17.8 Å². The highest BCUT2D eigenvalue weighted by Crippen LogP contribution is 2.02. The molecule has 0 saturated heterocycles. The van der Waals surface area contributed by atoms with Crippen molar-refractivity contribution >= 4 is 11.8 Å². The first-order valence-electron chi connectivity index (χ1n) is 3.30. The zero-order valence-corrected chi connectivity index (χ0v) is 6.74. The third kappa shape index (κ3) is 1.34. The number of aromatic nitrogens is 2. The van der Waals surface area contributed by atoms with Gasteiger partial charge in [0.25, 0.3) is 5.78 Å². The van der Waals surface area contributed by atoms with Crippen LogP contribution in [-0.4, -0.2) is 26.6 Å². The van der Waals surface area contributed by atoms with Gasteiger partial charge in [-0.15, -0.1) is 0 Å². The Labute approximate surface area is 68.6 Å². The van der Waals surface area contributed by atoms with Gasteiger partial charge in [-0.05, 0) is 13.0 Å². The van der Waals surface area contributed by atoms with Gasteiger partial charge < -0.3 is 5.11 Å². The molecule has 64 valence electrons. The van der Waals surface area contributed by atoms with Crippen LogP contribution in [-0.2, 0) is 11.8 Å². The Morgan fingerprint density at radius 1 is 1.58 bits per heavy atom. The van der Waals surface area contributed by atoms with Crippen molar-refractivity contribution < 1.29 is 14.7 Å². The molecule has 1 heterocycles. The van der Waals surface area contributed by atoms with Gasteiger partial charge in [-0.2, -0.15) is 5.10 Å². The van der Waals surface area contributed by atoms with Gasteiger partial charge in [-0.1, -0.05) is 0 Å². The van der Waals surface area contributed by atoms with Crippen molar-refractivity contribution in [3.05, 3.63) is 17.5 Å². The molecule has 5 nitrogen and oxygen atoms in total. The molecule has 5 heteroatoms. The van der Waals surface area contributed by atoms with Crippen LogP contribution in [0.2, 0.25) is 0 Å². The Morgan fingerprint density at radius 2 is 2.17 bits per heavy atom. The number of carboxylic acid groups (broad SMARTS) is 1. The zero-order chi connectivity index (χ0) is 9.30. The van der Waals surface area contributed by atoms with Crippen LogP contribution >= 0.6 is 0 Å².